The number of halogens is 2. The van der Waals surface area contributed by atoms with Crippen LogP contribution in [0.5, 0.6) is 5.75 Å². The van der Waals surface area contributed by atoms with Gasteiger partial charge in [-0.1, -0.05) is 0 Å². The lowest BCUT2D eigenvalue weighted by molar-refractivity contribution is 0.0670. The van der Waals surface area contributed by atoms with Crippen molar-refractivity contribution in [3.63, 3.8) is 0 Å². The maximum atomic E-state index is 13.2. The number of fused-ring (bicyclic) bond motifs is 1. The molecule has 2 atom stereocenters. The van der Waals surface area contributed by atoms with Gasteiger partial charge in [0, 0.05) is 32.8 Å². The lowest BCUT2D eigenvalue weighted by atomic mass is 9.98. The van der Waals surface area contributed by atoms with Gasteiger partial charge in [-0.3, -0.25) is 0 Å². The molecule has 2 heterocycles. The van der Waals surface area contributed by atoms with E-state index in [9.17, 15) is 9.50 Å². The van der Waals surface area contributed by atoms with Gasteiger partial charge < -0.3 is 9.84 Å². The molecule has 0 saturated heterocycles. The lowest BCUT2D eigenvalue weighted by Crippen LogP contribution is -2.18. The highest BCUT2D eigenvalue weighted by Crippen LogP contribution is 2.42. The number of benzene rings is 1. The van der Waals surface area contributed by atoms with Crippen molar-refractivity contribution in [2.24, 2.45) is 0 Å². The standard InChI is InChI=1S/C13H10BrFO2S/c14-7-3-13(18-6-7)12-5-10(16)9-2-1-8(15)4-11(9)17-12/h1-4,6,10,12,16H,5H2/t10-,12?/m0/s1. The molecule has 94 valence electrons. The number of rotatable bonds is 1. The van der Waals surface area contributed by atoms with E-state index in [0.29, 0.717) is 17.7 Å². The molecule has 0 bridgehead atoms. The summed E-state index contributed by atoms with van der Waals surface area (Å²) in [6.07, 6.45) is -0.336. The Morgan fingerprint density at radius 3 is 2.94 bits per heavy atom. The van der Waals surface area contributed by atoms with E-state index in [0.717, 1.165) is 9.35 Å². The molecule has 1 aromatic heterocycles. The summed E-state index contributed by atoms with van der Waals surface area (Å²) in [6, 6.07) is 6.21. The van der Waals surface area contributed by atoms with Gasteiger partial charge in [0.05, 0.1) is 6.10 Å². The Labute approximate surface area is 116 Å². The number of thiophene rings is 1. The van der Waals surface area contributed by atoms with Crippen LogP contribution in [-0.2, 0) is 0 Å². The second kappa shape index (κ2) is 4.64. The van der Waals surface area contributed by atoms with Crippen LogP contribution in [0.2, 0.25) is 0 Å². The van der Waals surface area contributed by atoms with Crippen molar-refractivity contribution < 1.29 is 14.2 Å². The minimum Gasteiger partial charge on any atom is -0.484 e. The minimum absolute atomic E-state index is 0.217. The van der Waals surface area contributed by atoms with Crippen LogP contribution in [0, 0.1) is 5.82 Å². The van der Waals surface area contributed by atoms with Crippen LogP contribution < -0.4 is 4.74 Å². The van der Waals surface area contributed by atoms with E-state index in [2.05, 4.69) is 15.9 Å². The topological polar surface area (TPSA) is 29.5 Å². The molecule has 1 unspecified atom stereocenters. The average molecular weight is 329 g/mol. The Hall–Kier alpha value is -0.910. The van der Waals surface area contributed by atoms with E-state index in [1.54, 1.807) is 17.4 Å². The van der Waals surface area contributed by atoms with Gasteiger partial charge in [-0.15, -0.1) is 11.3 Å². The molecule has 0 aliphatic carbocycles. The quantitative estimate of drug-likeness (QED) is 0.849. The summed E-state index contributed by atoms with van der Waals surface area (Å²) < 4.78 is 20.0. The molecule has 0 spiro atoms. The van der Waals surface area contributed by atoms with Gasteiger partial charge in [-0.05, 0) is 34.1 Å². The Kier molecular flexibility index (Phi) is 3.13. The molecule has 1 aliphatic heterocycles. The van der Waals surface area contributed by atoms with Crippen LogP contribution >= 0.6 is 27.3 Å². The summed E-state index contributed by atoms with van der Waals surface area (Å²) in [5.41, 5.74) is 0.656. The number of hydrogen-bond donors (Lipinski definition) is 1. The summed E-state index contributed by atoms with van der Waals surface area (Å²) in [6.45, 7) is 0. The third-order valence-electron chi connectivity index (χ3n) is 2.95. The minimum atomic E-state index is -0.611. The summed E-state index contributed by atoms with van der Waals surface area (Å²) >= 11 is 4.95. The smallest absolute Gasteiger partial charge is 0.136 e. The van der Waals surface area contributed by atoms with Crippen LogP contribution in [0.25, 0.3) is 0 Å². The van der Waals surface area contributed by atoms with Crippen LogP contribution in [-0.4, -0.2) is 5.11 Å². The first-order valence-electron chi connectivity index (χ1n) is 5.51. The second-order valence-corrected chi connectivity index (χ2v) is 6.07. The number of aliphatic hydroxyl groups is 1. The number of ether oxygens (including phenoxy) is 1. The van der Waals surface area contributed by atoms with Crippen molar-refractivity contribution in [1.82, 2.24) is 0 Å². The van der Waals surface area contributed by atoms with E-state index >= 15 is 0 Å². The molecule has 0 fully saturated rings. The third-order valence-corrected chi connectivity index (χ3v) is 4.73. The summed E-state index contributed by atoms with van der Waals surface area (Å²) in [5, 5.41) is 12.0. The summed E-state index contributed by atoms with van der Waals surface area (Å²) in [5.74, 6) is 0.0808. The molecule has 1 N–H and O–H groups in total. The SMILES string of the molecule is O[C@H]1CC(c2cc(Br)cs2)Oc2cc(F)ccc21. The van der Waals surface area contributed by atoms with Gasteiger partial charge in [0.1, 0.15) is 17.7 Å². The predicted octanol–water partition coefficient (Wildman–Crippen LogP) is 4.21. The molecular weight excluding hydrogens is 319 g/mol. The normalized spacial score (nSPS) is 22.4. The average Bonchev–Trinajstić information content (AvgIpc) is 2.75. The molecule has 2 nitrogen and oxygen atoms in total. The van der Waals surface area contributed by atoms with E-state index in [-0.39, 0.29) is 11.9 Å². The molecule has 3 rings (SSSR count). The molecule has 5 heteroatoms. The van der Waals surface area contributed by atoms with Gasteiger partial charge in [0.15, 0.2) is 0 Å². The van der Waals surface area contributed by atoms with Gasteiger partial charge in [0.25, 0.3) is 0 Å². The van der Waals surface area contributed by atoms with Crippen molar-refractivity contribution in [3.05, 3.63) is 50.4 Å². The van der Waals surface area contributed by atoms with Gasteiger partial charge >= 0.3 is 0 Å². The number of aliphatic hydroxyl groups excluding tert-OH is 1. The fourth-order valence-electron chi connectivity index (χ4n) is 2.09. The zero-order valence-corrected chi connectivity index (χ0v) is 11.7. The van der Waals surface area contributed by atoms with E-state index in [4.69, 9.17) is 4.74 Å². The van der Waals surface area contributed by atoms with Crippen LogP contribution in [0.4, 0.5) is 4.39 Å². The molecule has 0 amide bonds. The van der Waals surface area contributed by atoms with Crippen LogP contribution in [0.15, 0.2) is 34.1 Å². The monoisotopic (exact) mass is 328 g/mol. The number of hydrogen-bond acceptors (Lipinski definition) is 3. The zero-order valence-electron chi connectivity index (χ0n) is 9.27. The first-order chi connectivity index (χ1) is 8.63. The largest absolute Gasteiger partial charge is 0.484 e. The maximum absolute atomic E-state index is 13.2. The fourth-order valence-corrected chi connectivity index (χ4v) is 3.57. The van der Waals surface area contributed by atoms with Gasteiger partial charge in [-0.25, -0.2) is 4.39 Å². The highest BCUT2D eigenvalue weighted by Gasteiger charge is 2.29. The molecule has 0 saturated carbocycles. The van der Waals surface area contributed by atoms with Crippen molar-refractivity contribution in [2.75, 3.05) is 0 Å². The van der Waals surface area contributed by atoms with Crippen molar-refractivity contribution in [3.8, 4) is 5.75 Å². The van der Waals surface area contributed by atoms with Crippen molar-refractivity contribution >= 4 is 27.3 Å². The maximum Gasteiger partial charge on any atom is 0.136 e. The Morgan fingerprint density at radius 2 is 2.22 bits per heavy atom. The molecule has 18 heavy (non-hydrogen) atoms. The lowest BCUT2D eigenvalue weighted by Gasteiger charge is -2.29. The molecule has 1 aromatic carbocycles. The van der Waals surface area contributed by atoms with E-state index in [1.807, 2.05) is 11.4 Å². The Bertz CT molecular complexity index is 584. The fraction of sp³-hybridized carbons (Fsp3) is 0.231. The van der Waals surface area contributed by atoms with Crippen molar-refractivity contribution in [2.45, 2.75) is 18.6 Å². The van der Waals surface area contributed by atoms with Gasteiger partial charge in [-0.2, -0.15) is 0 Å². The Balaban J connectivity index is 1.95. The Morgan fingerprint density at radius 1 is 1.39 bits per heavy atom. The molecule has 2 aromatic rings. The summed E-state index contributed by atoms with van der Waals surface area (Å²) in [4.78, 5) is 1.02. The zero-order chi connectivity index (χ0) is 12.7. The molecule has 1 aliphatic rings. The first kappa shape index (κ1) is 12.1. The van der Waals surface area contributed by atoms with E-state index < -0.39 is 6.10 Å². The highest BCUT2D eigenvalue weighted by atomic mass is 79.9. The molecule has 0 radical (unpaired) electrons. The van der Waals surface area contributed by atoms with Crippen LogP contribution in [0.3, 0.4) is 0 Å². The third kappa shape index (κ3) is 2.18. The predicted molar refractivity (Wildman–Crippen MR) is 71.4 cm³/mol. The van der Waals surface area contributed by atoms with Crippen LogP contribution in [0.1, 0.15) is 29.1 Å². The van der Waals surface area contributed by atoms with Crippen molar-refractivity contribution in [1.29, 1.82) is 0 Å². The highest BCUT2D eigenvalue weighted by molar-refractivity contribution is 9.10. The summed E-state index contributed by atoms with van der Waals surface area (Å²) in [7, 11) is 0. The first-order valence-corrected chi connectivity index (χ1v) is 7.19. The van der Waals surface area contributed by atoms with E-state index in [1.165, 1.54) is 12.1 Å². The molecular formula is C13H10BrFO2S. The van der Waals surface area contributed by atoms with Gasteiger partial charge in [0.2, 0.25) is 0 Å². The second-order valence-electron chi connectivity index (χ2n) is 4.21.